The van der Waals surface area contributed by atoms with E-state index in [0.29, 0.717) is 37.7 Å². The van der Waals surface area contributed by atoms with Crippen molar-refractivity contribution >= 4 is 27.2 Å². The molecule has 7 heteroatoms. The summed E-state index contributed by atoms with van der Waals surface area (Å²) in [5, 5.41) is 0. The van der Waals surface area contributed by atoms with Crippen molar-refractivity contribution in [2.24, 2.45) is 0 Å². The topological polar surface area (TPSA) is 86.7 Å². The fourth-order valence-corrected chi connectivity index (χ4v) is 3.69. The number of methoxy groups -OCH3 is 1. The number of aldehydes is 1. The van der Waals surface area contributed by atoms with Crippen LogP contribution < -0.4 is 13.7 Å². The molecule has 0 atom stereocenters. The summed E-state index contributed by atoms with van der Waals surface area (Å²) in [4.78, 5) is 34.4. The van der Waals surface area contributed by atoms with E-state index in [2.05, 4.69) is 4.74 Å². The molecule has 0 saturated carbocycles. The summed E-state index contributed by atoms with van der Waals surface area (Å²) in [7, 11) is 1.30. The quantitative estimate of drug-likeness (QED) is 0.336. The van der Waals surface area contributed by atoms with Crippen LogP contribution in [0.2, 0.25) is 0 Å². The Morgan fingerprint density at radius 3 is 1.69 bits per heavy atom. The summed E-state index contributed by atoms with van der Waals surface area (Å²) in [6.45, 7) is 0. The zero-order chi connectivity index (χ0) is 20.8. The van der Waals surface area contributed by atoms with Crippen LogP contribution >= 0.6 is 0 Å². The molecular formula is C22H16CoO6. The normalized spacial score (nSPS) is 10.7. The zero-order valence-corrected chi connectivity index (χ0v) is 16.3. The third-order valence-electron chi connectivity index (χ3n) is 3.89. The van der Waals surface area contributed by atoms with E-state index in [1.165, 1.54) is 31.4 Å². The van der Waals surface area contributed by atoms with Gasteiger partial charge in [0.25, 0.3) is 0 Å². The van der Waals surface area contributed by atoms with Crippen molar-refractivity contribution in [1.82, 2.24) is 0 Å². The van der Waals surface area contributed by atoms with Gasteiger partial charge >= 0.3 is 171 Å². The van der Waals surface area contributed by atoms with Crippen LogP contribution in [0.15, 0.2) is 72.8 Å². The molecule has 3 rings (SSSR count). The van der Waals surface area contributed by atoms with Gasteiger partial charge in [-0.25, -0.2) is 0 Å². The fourth-order valence-electron chi connectivity index (χ4n) is 2.37. The summed E-state index contributed by atoms with van der Waals surface area (Å²) in [6.07, 6.45) is 0.703. The molecular weight excluding hydrogens is 419 g/mol. The second kappa shape index (κ2) is 9.18. The van der Waals surface area contributed by atoms with Crippen LogP contribution in [-0.2, 0) is 22.2 Å². The van der Waals surface area contributed by atoms with E-state index in [1.54, 1.807) is 48.5 Å². The van der Waals surface area contributed by atoms with Crippen LogP contribution in [0.25, 0.3) is 0 Å². The van der Waals surface area contributed by atoms with Gasteiger partial charge in [0.1, 0.15) is 0 Å². The van der Waals surface area contributed by atoms with E-state index in [-0.39, 0.29) is 0 Å². The second-order valence-corrected chi connectivity index (χ2v) is 7.64. The Kier molecular flexibility index (Phi) is 6.43. The van der Waals surface area contributed by atoms with Crippen molar-refractivity contribution in [2.75, 3.05) is 7.11 Å². The van der Waals surface area contributed by atoms with Crippen LogP contribution in [0.4, 0.5) is 0 Å². The fraction of sp³-hybridized carbons (Fsp3) is 0.0455. The molecule has 0 unspecified atom stereocenters. The van der Waals surface area contributed by atoms with E-state index in [0.717, 1.165) is 0 Å². The Morgan fingerprint density at radius 2 is 1.24 bits per heavy atom. The van der Waals surface area contributed by atoms with Gasteiger partial charge in [0.2, 0.25) is 0 Å². The SMILES string of the molecule is COC(=O)c1cc[c]([Co](=[O])[c]2ccc(C(=O)Oc3ccc(C=O)cc3)cc2)cc1. The molecule has 0 bridgehead atoms. The van der Waals surface area contributed by atoms with E-state index in [9.17, 15) is 18.2 Å². The zero-order valence-electron chi connectivity index (χ0n) is 15.3. The molecule has 3 aromatic carbocycles. The number of carbonyl (C=O) groups is 3. The molecule has 0 aliphatic carbocycles. The van der Waals surface area contributed by atoms with Gasteiger partial charge in [-0.15, -0.1) is 0 Å². The van der Waals surface area contributed by atoms with Crippen LogP contribution in [0.1, 0.15) is 31.1 Å². The third kappa shape index (κ3) is 4.90. The summed E-state index contributed by atoms with van der Waals surface area (Å²) in [5.74, 6) is -0.704. The van der Waals surface area contributed by atoms with Gasteiger partial charge in [-0.3, -0.25) is 0 Å². The number of ether oxygens (including phenoxy) is 2. The molecule has 0 heterocycles. The molecule has 29 heavy (non-hydrogen) atoms. The minimum absolute atomic E-state index is 0.303. The molecule has 6 nitrogen and oxygen atoms in total. The van der Waals surface area contributed by atoms with Gasteiger partial charge in [0, 0.05) is 0 Å². The molecule has 0 aliphatic rings. The number of carbonyl (C=O) groups excluding carboxylic acids is 3. The average Bonchev–Trinajstić information content (AvgIpc) is 2.78. The predicted octanol–water partition coefficient (Wildman–Crippen LogP) is 2.42. The summed E-state index contributed by atoms with van der Waals surface area (Å²) in [6, 6.07) is 18.7. The maximum atomic E-state index is 12.7. The van der Waals surface area contributed by atoms with Crippen molar-refractivity contribution in [1.29, 1.82) is 0 Å². The number of esters is 2. The molecule has 3 aromatic rings. The van der Waals surface area contributed by atoms with E-state index in [1.807, 2.05) is 0 Å². The Hall–Kier alpha value is -3.42. The monoisotopic (exact) mass is 435 g/mol. The van der Waals surface area contributed by atoms with Gasteiger partial charge < -0.3 is 0 Å². The molecule has 0 spiro atoms. The Bertz CT molecular complexity index is 1050. The van der Waals surface area contributed by atoms with E-state index >= 15 is 0 Å². The van der Waals surface area contributed by atoms with Gasteiger partial charge in [0.15, 0.2) is 0 Å². The second-order valence-electron chi connectivity index (χ2n) is 5.75. The molecule has 0 fully saturated rings. The first-order valence-electron chi connectivity index (χ1n) is 8.39. The molecule has 0 saturated heterocycles. The van der Waals surface area contributed by atoms with Crippen molar-refractivity contribution in [2.45, 2.75) is 0 Å². The van der Waals surface area contributed by atoms with E-state index in [4.69, 9.17) is 4.74 Å². The van der Waals surface area contributed by atoms with Crippen LogP contribution in [0, 0.1) is 0 Å². The van der Waals surface area contributed by atoms with Crippen LogP contribution in [0.5, 0.6) is 5.75 Å². The van der Waals surface area contributed by atoms with Crippen molar-refractivity contribution in [3.05, 3.63) is 89.5 Å². The Morgan fingerprint density at radius 1 is 0.759 bits per heavy atom. The Balaban J connectivity index is 1.70. The van der Waals surface area contributed by atoms with Crippen LogP contribution in [0.3, 0.4) is 0 Å². The molecule has 0 amide bonds. The summed E-state index contributed by atoms with van der Waals surface area (Å²) in [5.41, 5.74) is 1.16. The first-order chi connectivity index (χ1) is 14.0. The summed E-state index contributed by atoms with van der Waals surface area (Å²) >= 11 is -1.85. The van der Waals surface area contributed by atoms with Crippen molar-refractivity contribution in [3.63, 3.8) is 0 Å². The molecule has 149 valence electrons. The molecule has 0 N–H and O–H groups in total. The molecule has 0 aromatic heterocycles. The first-order valence-corrected chi connectivity index (χ1v) is 9.85. The number of hydrogen-bond acceptors (Lipinski definition) is 6. The van der Waals surface area contributed by atoms with Gasteiger partial charge in [-0.2, -0.15) is 0 Å². The molecule has 0 radical (unpaired) electrons. The standard InChI is InChI=1S/C14H9O3.C8H7O2.Co.O/c15-10-11-6-8-13(9-7-11)17-14(16)12-4-2-1-3-5-12;1-10-8(9)7-5-3-2-4-6-7;;/h2-10H;3-6H,1H3;;. The Labute approximate surface area is 171 Å². The summed E-state index contributed by atoms with van der Waals surface area (Å²) < 4.78 is 23.7. The van der Waals surface area contributed by atoms with E-state index < -0.39 is 25.5 Å². The third-order valence-corrected chi connectivity index (χ3v) is 5.68. The number of rotatable bonds is 6. The molecule has 0 aliphatic heterocycles. The maximum absolute atomic E-state index is 12.7. The van der Waals surface area contributed by atoms with Gasteiger partial charge in [0.05, 0.1) is 0 Å². The van der Waals surface area contributed by atoms with Gasteiger partial charge in [-0.05, 0) is 0 Å². The van der Waals surface area contributed by atoms with Crippen molar-refractivity contribution < 1.29 is 41.3 Å². The first kappa shape index (κ1) is 20.3. The van der Waals surface area contributed by atoms with Crippen LogP contribution in [-0.4, -0.2) is 25.3 Å². The average molecular weight is 435 g/mol. The predicted molar refractivity (Wildman–Crippen MR) is 101 cm³/mol. The van der Waals surface area contributed by atoms with Gasteiger partial charge in [-0.1, -0.05) is 0 Å². The number of benzene rings is 3. The number of hydrogen-bond donors (Lipinski definition) is 0. The minimum atomic E-state index is -1.85. The van der Waals surface area contributed by atoms with Crippen molar-refractivity contribution in [3.8, 4) is 5.75 Å².